The summed E-state index contributed by atoms with van der Waals surface area (Å²) >= 11 is 0. The fraction of sp³-hybridized carbons (Fsp3) is 0.115. The molecule has 4 rings (SSSR count). The Morgan fingerprint density at radius 3 is 1.09 bits per heavy atom. The SMILES string of the molecule is Cc1ccc(-c2cc(-c3ccc(C)cc3)[o+]c(-c3ccc(C)cc3)c2)cc1.FB(F)F.[F-]. The maximum Gasteiger partial charge on any atom is 0.762 e. The molecule has 0 radical (unpaired) electrons. The Labute approximate surface area is 186 Å². The highest BCUT2D eigenvalue weighted by Crippen LogP contribution is 2.33. The van der Waals surface area contributed by atoms with Crippen molar-refractivity contribution in [1.29, 1.82) is 0 Å². The zero-order valence-electron chi connectivity index (χ0n) is 18.1. The van der Waals surface area contributed by atoms with Gasteiger partial charge in [0.2, 0.25) is 0 Å². The standard InChI is InChI=1S/C26H23O.BF3.FH/c1-18-4-10-21(11-5-18)24-16-25(22-12-6-19(2)7-13-22)27-26(17-24)23-14-8-20(3)9-15-23;2-1(3)4;/h4-17H,1-3H3;;1H/q+1;;/p-1. The average molecular weight is 438 g/mol. The molecule has 32 heavy (non-hydrogen) atoms. The number of benzene rings is 3. The summed E-state index contributed by atoms with van der Waals surface area (Å²) in [5.74, 6) is 1.76. The van der Waals surface area contributed by atoms with E-state index in [9.17, 15) is 12.9 Å². The molecule has 0 bridgehead atoms. The molecular formula is C26H23BF4O. The first-order chi connectivity index (χ1) is 14.8. The third-order valence-electron chi connectivity index (χ3n) is 4.85. The van der Waals surface area contributed by atoms with E-state index in [-0.39, 0.29) is 4.70 Å². The summed E-state index contributed by atoms with van der Waals surface area (Å²) in [6, 6.07) is 29.8. The summed E-state index contributed by atoms with van der Waals surface area (Å²) in [4.78, 5) is 0. The minimum atomic E-state index is -3.67. The molecule has 0 aliphatic carbocycles. The van der Waals surface area contributed by atoms with Gasteiger partial charge in [0.25, 0.3) is 0 Å². The van der Waals surface area contributed by atoms with Crippen LogP contribution in [-0.4, -0.2) is 7.54 Å². The molecule has 0 saturated heterocycles. The van der Waals surface area contributed by atoms with Crippen LogP contribution in [0.2, 0.25) is 0 Å². The fourth-order valence-corrected chi connectivity index (χ4v) is 3.13. The largest absolute Gasteiger partial charge is 1.00 e. The highest BCUT2D eigenvalue weighted by molar-refractivity contribution is 6.33. The Balaban J connectivity index is 0.000000672. The molecule has 1 aromatic heterocycles. The highest BCUT2D eigenvalue weighted by Gasteiger charge is 2.20. The quantitative estimate of drug-likeness (QED) is 0.238. The van der Waals surface area contributed by atoms with Gasteiger partial charge in [0.15, 0.2) is 0 Å². The van der Waals surface area contributed by atoms with Gasteiger partial charge in [-0.05, 0) is 50.6 Å². The molecule has 1 heterocycles. The van der Waals surface area contributed by atoms with Gasteiger partial charge in [0, 0.05) is 5.56 Å². The highest BCUT2D eigenvalue weighted by atomic mass is 19.4. The van der Waals surface area contributed by atoms with E-state index in [0.29, 0.717) is 0 Å². The van der Waals surface area contributed by atoms with Crippen molar-refractivity contribution in [3.8, 4) is 33.8 Å². The smallest absolute Gasteiger partial charge is 0.762 e. The lowest BCUT2D eigenvalue weighted by molar-refractivity contribution is -0.00000961. The zero-order chi connectivity index (χ0) is 22.4. The lowest BCUT2D eigenvalue weighted by Gasteiger charge is -2.03. The van der Waals surface area contributed by atoms with Crippen LogP contribution < -0.4 is 4.70 Å². The van der Waals surface area contributed by atoms with Crippen molar-refractivity contribution in [2.45, 2.75) is 20.8 Å². The van der Waals surface area contributed by atoms with E-state index in [1.54, 1.807) is 0 Å². The van der Waals surface area contributed by atoms with Crippen molar-refractivity contribution in [2.24, 2.45) is 0 Å². The molecule has 164 valence electrons. The second-order valence-corrected chi connectivity index (χ2v) is 7.42. The molecule has 0 saturated carbocycles. The second-order valence-electron chi connectivity index (χ2n) is 7.42. The zero-order valence-corrected chi connectivity index (χ0v) is 18.1. The molecule has 0 aliphatic rings. The minimum Gasteiger partial charge on any atom is -1.00 e. The maximum atomic E-state index is 9.67. The fourth-order valence-electron chi connectivity index (χ4n) is 3.13. The van der Waals surface area contributed by atoms with E-state index in [1.807, 2.05) is 0 Å². The third kappa shape index (κ3) is 6.81. The Morgan fingerprint density at radius 1 is 0.500 bits per heavy atom. The topological polar surface area (TPSA) is 11.3 Å². The number of aryl methyl sites for hydroxylation is 3. The molecule has 0 atom stereocenters. The number of hydrogen-bond donors (Lipinski definition) is 0. The van der Waals surface area contributed by atoms with E-state index in [4.69, 9.17) is 4.42 Å². The summed E-state index contributed by atoms with van der Waals surface area (Å²) in [5.41, 5.74) is 8.27. The van der Waals surface area contributed by atoms with Crippen LogP contribution in [0.15, 0.2) is 89.3 Å². The minimum absolute atomic E-state index is 0. The molecule has 4 aromatic rings. The van der Waals surface area contributed by atoms with Crippen molar-refractivity contribution in [3.63, 3.8) is 0 Å². The van der Waals surface area contributed by atoms with E-state index < -0.39 is 7.54 Å². The van der Waals surface area contributed by atoms with E-state index >= 15 is 0 Å². The maximum absolute atomic E-state index is 9.67. The van der Waals surface area contributed by atoms with Crippen LogP contribution in [0.25, 0.3) is 33.8 Å². The first-order valence-electron chi connectivity index (χ1n) is 9.93. The number of rotatable bonds is 3. The van der Waals surface area contributed by atoms with Crippen LogP contribution >= 0.6 is 0 Å². The van der Waals surface area contributed by atoms with E-state index in [2.05, 4.69) is 106 Å². The molecule has 0 spiro atoms. The van der Waals surface area contributed by atoms with Crippen molar-refractivity contribution in [2.75, 3.05) is 0 Å². The van der Waals surface area contributed by atoms with Gasteiger partial charge in [0.1, 0.15) is 0 Å². The van der Waals surface area contributed by atoms with Crippen LogP contribution in [0, 0.1) is 20.8 Å². The molecule has 0 fully saturated rings. The third-order valence-corrected chi connectivity index (χ3v) is 4.85. The van der Waals surface area contributed by atoms with Crippen LogP contribution in [0.4, 0.5) is 12.9 Å². The molecule has 6 heteroatoms. The van der Waals surface area contributed by atoms with Crippen LogP contribution in [0.1, 0.15) is 16.7 Å². The first kappa shape index (κ1) is 24.9. The molecule has 0 N–H and O–H groups in total. The molecule has 0 amide bonds. The summed E-state index contributed by atoms with van der Waals surface area (Å²) in [6.07, 6.45) is 0. The second kappa shape index (κ2) is 11.3. The van der Waals surface area contributed by atoms with Gasteiger partial charge in [0.05, 0.1) is 23.3 Å². The Bertz CT molecular complexity index is 969. The van der Waals surface area contributed by atoms with Gasteiger partial charge in [-0.2, -0.15) is 0 Å². The average Bonchev–Trinajstić information content (AvgIpc) is 2.74. The summed E-state index contributed by atoms with van der Waals surface area (Å²) in [7, 11) is -3.67. The Morgan fingerprint density at radius 2 is 0.781 bits per heavy atom. The normalized spacial score (nSPS) is 9.94. The van der Waals surface area contributed by atoms with Gasteiger partial charge < -0.3 is 4.70 Å². The monoisotopic (exact) mass is 438 g/mol. The Kier molecular flexibility index (Phi) is 8.76. The van der Waals surface area contributed by atoms with Crippen molar-refractivity contribution in [1.82, 2.24) is 0 Å². The summed E-state index contributed by atoms with van der Waals surface area (Å²) in [6.45, 7) is 6.31. The van der Waals surface area contributed by atoms with Crippen molar-refractivity contribution >= 4 is 7.54 Å². The molecule has 0 aliphatic heterocycles. The first-order valence-corrected chi connectivity index (χ1v) is 9.93. The van der Waals surface area contributed by atoms with Crippen molar-refractivity contribution < 1.29 is 22.1 Å². The van der Waals surface area contributed by atoms with E-state index in [0.717, 1.165) is 28.2 Å². The number of halogens is 4. The summed E-state index contributed by atoms with van der Waals surface area (Å²) < 4.78 is 35.3. The summed E-state index contributed by atoms with van der Waals surface area (Å²) in [5, 5.41) is 0. The van der Waals surface area contributed by atoms with Gasteiger partial charge in [-0.15, -0.1) is 0 Å². The predicted molar refractivity (Wildman–Crippen MR) is 123 cm³/mol. The van der Waals surface area contributed by atoms with Gasteiger partial charge in [-0.3, -0.25) is 12.9 Å². The molecule has 3 aromatic carbocycles. The van der Waals surface area contributed by atoms with Crippen molar-refractivity contribution in [3.05, 3.63) is 102 Å². The predicted octanol–water partition coefficient (Wildman–Crippen LogP) is 5.37. The Hall–Kier alpha value is -3.41. The lowest BCUT2D eigenvalue weighted by atomic mass is 10.0. The molecule has 0 unspecified atom stereocenters. The molecule has 1 nitrogen and oxygen atoms in total. The van der Waals surface area contributed by atoms with Crippen LogP contribution in [0.5, 0.6) is 0 Å². The van der Waals surface area contributed by atoms with Crippen LogP contribution in [-0.2, 0) is 0 Å². The van der Waals surface area contributed by atoms with Crippen LogP contribution in [0.3, 0.4) is 0 Å². The van der Waals surface area contributed by atoms with Gasteiger partial charge in [-0.25, -0.2) is 4.42 Å². The van der Waals surface area contributed by atoms with Gasteiger partial charge >= 0.3 is 19.1 Å². The van der Waals surface area contributed by atoms with E-state index in [1.165, 1.54) is 22.3 Å². The molecular weight excluding hydrogens is 415 g/mol. The van der Waals surface area contributed by atoms with Gasteiger partial charge in [-0.1, -0.05) is 65.2 Å². The number of hydrogen-bond acceptors (Lipinski definition) is 0. The lowest BCUT2D eigenvalue weighted by Crippen LogP contribution is -3.00.